The lowest BCUT2D eigenvalue weighted by atomic mass is 9.98. The quantitative estimate of drug-likeness (QED) is 0.223. The highest BCUT2D eigenvalue weighted by atomic mass is 16.4. The Morgan fingerprint density at radius 2 is 1.05 bits per heavy atom. The Hall–Kier alpha value is -3.49. The molecule has 0 heterocycles. The average Bonchev–Trinajstić information content (AvgIpc) is 2.49. The van der Waals surface area contributed by atoms with Gasteiger partial charge in [0, 0.05) is 0 Å². The maximum atomic E-state index is 12.2. The zero-order chi connectivity index (χ0) is 16.8. The molecule has 2 aromatic carbocycles. The van der Waals surface area contributed by atoms with E-state index in [4.69, 9.17) is 0 Å². The van der Waals surface area contributed by atoms with Crippen molar-refractivity contribution in [3.05, 3.63) is 23.3 Å². The van der Waals surface area contributed by atoms with Crippen molar-refractivity contribution in [1.29, 1.82) is 0 Å². The van der Waals surface area contributed by atoms with Crippen molar-refractivity contribution in [2.45, 2.75) is 0 Å². The number of hydrogen-bond donors (Lipinski definition) is 8. The second kappa shape index (κ2) is 4.81. The summed E-state index contributed by atoms with van der Waals surface area (Å²) in [5.74, 6) is -10.3. The van der Waals surface area contributed by atoms with Crippen LogP contribution in [0.4, 0.5) is 0 Å². The molecule has 2 aromatic rings. The molecule has 116 valence electrons. The van der Waals surface area contributed by atoms with Gasteiger partial charge in [0.2, 0.25) is 28.8 Å². The Morgan fingerprint density at radius 3 is 1.55 bits per heavy atom. The lowest BCUT2D eigenvalue weighted by Crippen LogP contribution is -2.03. The predicted molar refractivity (Wildman–Crippen MR) is 69.6 cm³/mol. The summed E-state index contributed by atoms with van der Waals surface area (Å²) in [5, 5.41) is 75.4. The minimum absolute atomic E-state index is 0.648. The van der Waals surface area contributed by atoms with Crippen molar-refractivity contribution in [2.75, 3.05) is 0 Å². The molecule has 0 saturated carbocycles. The van der Waals surface area contributed by atoms with Gasteiger partial charge in [0.15, 0.2) is 23.0 Å². The van der Waals surface area contributed by atoms with Crippen LogP contribution in [0.1, 0.15) is 15.9 Å². The summed E-state index contributed by atoms with van der Waals surface area (Å²) in [6.07, 6.45) is 0. The van der Waals surface area contributed by atoms with Crippen molar-refractivity contribution in [3.8, 4) is 46.0 Å². The fraction of sp³-hybridized carbons (Fsp3) is 0. The third kappa shape index (κ3) is 1.92. The van der Waals surface area contributed by atoms with Crippen LogP contribution in [-0.4, -0.2) is 46.6 Å². The second-order valence-electron chi connectivity index (χ2n) is 4.28. The van der Waals surface area contributed by atoms with Crippen LogP contribution in [0, 0.1) is 0 Å². The maximum Gasteiger partial charge on any atom is 0.208 e. The smallest absolute Gasteiger partial charge is 0.208 e. The van der Waals surface area contributed by atoms with Crippen LogP contribution in [0.15, 0.2) is 12.1 Å². The van der Waals surface area contributed by atoms with Gasteiger partial charge in [0.1, 0.15) is 5.56 Å². The highest BCUT2D eigenvalue weighted by Gasteiger charge is 2.30. The van der Waals surface area contributed by atoms with Crippen LogP contribution in [0.5, 0.6) is 46.0 Å². The van der Waals surface area contributed by atoms with E-state index in [1.165, 1.54) is 0 Å². The van der Waals surface area contributed by atoms with Gasteiger partial charge in [-0.1, -0.05) is 0 Å². The fourth-order valence-corrected chi connectivity index (χ4v) is 1.79. The standard InChI is InChI=1S/C13H10O9/c14-4-2-1-3(7(16)8(4)17)6(15)5-9(18)11(20)13(22)12(21)10(5)19/h1-2,14,16-22H. The molecular weight excluding hydrogens is 300 g/mol. The molecule has 2 rings (SSSR count). The summed E-state index contributed by atoms with van der Waals surface area (Å²) < 4.78 is 0. The van der Waals surface area contributed by atoms with E-state index in [0.717, 1.165) is 12.1 Å². The minimum atomic E-state index is -1.30. The number of benzene rings is 2. The van der Waals surface area contributed by atoms with Crippen LogP contribution < -0.4 is 0 Å². The van der Waals surface area contributed by atoms with E-state index in [9.17, 15) is 45.6 Å². The molecule has 9 nitrogen and oxygen atoms in total. The molecule has 0 fully saturated rings. The first kappa shape index (κ1) is 14.9. The van der Waals surface area contributed by atoms with E-state index in [2.05, 4.69) is 0 Å². The van der Waals surface area contributed by atoms with Gasteiger partial charge < -0.3 is 40.9 Å². The molecule has 0 saturated heterocycles. The molecule has 8 N–H and O–H groups in total. The second-order valence-corrected chi connectivity index (χ2v) is 4.28. The van der Waals surface area contributed by atoms with Gasteiger partial charge in [-0.25, -0.2) is 0 Å². The van der Waals surface area contributed by atoms with E-state index >= 15 is 0 Å². The normalized spacial score (nSPS) is 10.5. The van der Waals surface area contributed by atoms with Crippen LogP contribution in [0.25, 0.3) is 0 Å². The molecule has 0 atom stereocenters. The first-order valence-corrected chi connectivity index (χ1v) is 5.65. The summed E-state index contributed by atoms with van der Waals surface area (Å²) in [5.41, 5.74) is -1.67. The fourth-order valence-electron chi connectivity index (χ4n) is 1.79. The van der Waals surface area contributed by atoms with E-state index in [1.54, 1.807) is 0 Å². The first-order valence-electron chi connectivity index (χ1n) is 5.65. The van der Waals surface area contributed by atoms with Crippen LogP contribution >= 0.6 is 0 Å². The summed E-state index contributed by atoms with van der Waals surface area (Å²) >= 11 is 0. The summed E-state index contributed by atoms with van der Waals surface area (Å²) in [7, 11) is 0. The molecule has 0 aliphatic heterocycles. The van der Waals surface area contributed by atoms with Crippen molar-refractivity contribution in [2.24, 2.45) is 0 Å². The van der Waals surface area contributed by atoms with Crippen LogP contribution in [0.2, 0.25) is 0 Å². The Morgan fingerprint density at radius 1 is 0.591 bits per heavy atom. The predicted octanol–water partition coefficient (Wildman–Crippen LogP) is 0.562. The third-order valence-electron chi connectivity index (χ3n) is 2.97. The SMILES string of the molecule is O=C(c1ccc(O)c(O)c1O)c1c(O)c(O)c(O)c(O)c1O. The zero-order valence-electron chi connectivity index (χ0n) is 10.6. The van der Waals surface area contributed by atoms with Gasteiger partial charge in [0.25, 0.3) is 0 Å². The molecule has 0 aliphatic rings. The number of aromatic hydroxyl groups is 8. The molecule has 22 heavy (non-hydrogen) atoms. The van der Waals surface area contributed by atoms with Gasteiger partial charge in [0.05, 0.1) is 5.56 Å². The Labute approximate surface area is 121 Å². The Bertz CT molecular complexity index is 766. The van der Waals surface area contributed by atoms with E-state index in [0.29, 0.717) is 0 Å². The lowest BCUT2D eigenvalue weighted by Gasteiger charge is -2.12. The molecular formula is C13H10O9. The van der Waals surface area contributed by atoms with Gasteiger partial charge in [-0.05, 0) is 12.1 Å². The summed E-state index contributed by atoms with van der Waals surface area (Å²) in [4.78, 5) is 12.2. The number of carbonyl (C=O) groups excluding carboxylic acids is 1. The Kier molecular flexibility index (Phi) is 3.26. The van der Waals surface area contributed by atoms with Crippen molar-refractivity contribution in [3.63, 3.8) is 0 Å². The molecule has 0 aromatic heterocycles. The number of phenolic OH excluding ortho intramolecular Hbond substituents is 8. The summed E-state index contributed by atoms with van der Waals surface area (Å²) in [6.45, 7) is 0. The number of phenols is 8. The molecule has 0 unspecified atom stereocenters. The van der Waals surface area contributed by atoms with E-state index in [-0.39, 0.29) is 0 Å². The third-order valence-corrected chi connectivity index (χ3v) is 2.97. The van der Waals surface area contributed by atoms with Crippen LogP contribution in [-0.2, 0) is 0 Å². The Balaban J connectivity index is 2.73. The monoisotopic (exact) mass is 310 g/mol. The van der Waals surface area contributed by atoms with Crippen molar-refractivity contribution < 1.29 is 45.6 Å². The number of carbonyl (C=O) groups is 1. The zero-order valence-corrected chi connectivity index (χ0v) is 10.6. The van der Waals surface area contributed by atoms with Crippen molar-refractivity contribution in [1.82, 2.24) is 0 Å². The first-order chi connectivity index (χ1) is 10.2. The van der Waals surface area contributed by atoms with Crippen molar-refractivity contribution >= 4 is 5.78 Å². The molecule has 9 heteroatoms. The minimum Gasteiger partial charge on any atom is -0.504 e. The average molecular weight is 310 g/mol. The largest absolute Gasteiger partial charge is 0.504 e. The maximum absolute atomic E-state index is 12.2. The molecule has 0 radical (unpaired) electrons. The molecule has 0 amide bonds. The van der Waals surface area contributed by atoms with Gasteiger partial charge in [-0.15, -0.1) is 0 Å². The molecule has 0 aliphatic carbocycles. The number of rotatable bonds is 2. The van der Waals surface area contributed by atoms with E-state index < -0.39 is 62.9 Å². The highest BCUT2D eigenvalue weighted by Crippen LogP contribution is 2.52. The topological polar surface area (TPSA) is 179 Å². The van der Waals surface area contributed by atoms with E-state index in [1.807, 2.05) is 0 Å². The molecule has 0 bridgehead atoms. The molecule has 0 spiro atoms. The van der Waals surface area contributed by atoms with Gasteiger partial charge in [-0.3, -0.25) is 4.79 Å². The van der Waals surface area contributed by atoms with Gasteiger partial charge >= 0.3 is 0 Å². The summed E-state index contributed by atoms with van der Waals surface area (Å²) in [6, 6.07) is 1.73. The number of hydrogen-bond acceptors (Lipinski definition) is 9. The lowest BCUT2D eigenvalue weighted by molar-refractivity contribution is 0.102. The highest BCUT2D eigenvalue weighted by molar-refractivity contribution is 6.15. The van der Waals surface area contributed by atoms with Crippen LogP contribution in [0.3, 0.4) is 0 Å². The van der Waals surface area contributed by atoms with Gasteiger partial charge in [-0.2, -0.15) is 0 Å². The number of ketones is 1.